The van der Waals surface area contributed by atoms with Crippen LogP contribution in [0.4, 0.5) is 0 Å². The molecule has 166 valence electrons. The summed E-state index contributed by atoms with van der Waals surface area (Å²) in [5, 5.41) is 3.23. The number of hydrogen-bond acceptors (Lipinski definition) is 4. The van der Waals surface area contributed by atoms with Crippen LogP contribution in [0.1, 0.15) is 41.5 Å². The molecule has 2 saturated heterocycles. The molecule has 2 fully saturated rings. The van der Waals surface area contributed by atoms with E-state index in [0.29, 0.717) is 12.5 Å². The first kappa shape index (κ1) is 22.0. The SMILES string of the molecule is Cc1cc(C)cc(CNC(=O)[C@@H]2C[C@H](CN3CCCC3)CN(Cc3ccncc3)C2)c1. The molecule has 5 nitrogen and oxygen atoms in total. The lowest BCUT2D eigenvalue weighted by atomic mass is 9.87. The van der Waals surface area contributed by atoms with Gasteiger partial charge in [0.1, 0.15) is 0 Å². The average molecular weight is 421 g/mol. The summed E-state index contributed by atoms with van der Waals surface area (Å²) in [5.74, 6) is 0.796. The third kappa shape index (κ3) is 6.37. The highest BCUT2D eigenvalue weighted by Gasteiger charge is 2.32. The standard InChI is InChI=1S/C26H36N4O/c1-20-11-21(2)13-23(12-20)15-28-26(31)25-14-24(17-29-9-3-4-10-29)18-30(19-25)16-22-5-7-27-8-6-22/h5-8,11-13,24-25H,3-4,9-10,14-19H2,1-2H3,(H,28,31)/t24-,25-/m1/s1. The number of carbonyl (C=O) groups excluding carboxylic acids is 1. The maximum atomic E-state index is 13.2. The molecule has 0 saturated carbocycles. The second kappa shape index (κ2) is 10.4. The summed E-state index contributed by atoms with van der Waals surface area (Å²) in [6.07, 6.45) is 7.33. The van der Waals surface area contributed by atoms with E-state index in [1.165, 1.54) is 48.2 Å². The smallest absolute Gasteiger partial charge is 0.224 e. The lowest BCUT2D eigenvalue weighted by Gasteiger charge is -2.38. The van der Waals surface area contributed by atoms with Crippen LogP contribution in [0.2, 0.25) is 0 Å². The molecule has 0 bridgehead atoms. The molecule has 4 rings (SSSR count). The van der Waals surface area contributed by atoms with Gasteiger partial charge in [0, 0.05) is 45.1 Å². The molecule has 3 heterocycles. The molecule has 0 radical (unpaired) electrons. The second-order valence-corrected chi connectivity index (χ2v) is 9.57. The largest absolute Gasteiger partial charge is 0.352 e. The minimum atomic E-state index is 0.0501. The van der Waals surface area contributed by atoms with Gasteiger partial charge in [-0.1, -0.05) is 29.3 Å². The van der Waals surface area contributed by atoms with Gasteiger partial charge in [-0.05, 0) is 75.4 Å². The van der Waals surface area contributed by atoms with E-state index in [-0.39, 0.29) is 11.8 Å². The van der Waals surface area contributed by atoms with E-state index >= 15 is 0 Å². The summed E-state index contributed by atoms with van der Waals surface area (Å²) in [4.78, 5) is 22.4. The molecule has 0 aliphatic carbocycles. The fourth-order valence-corrected chi connectivity index (χ4v) is 5.34. The number of amides is 1. The predicted octanol–water partition coefficient (Wildman–Crippen LogP) is 3.55. The Kier molecular flexibility index (Phi) is 7.36. The van der Waals surface area contributed by atoms with Gasteiger partial charge >= 0.3 is 0 Å². The van der Waals surface area contributed by atoms with Gasteiger partial charge in [-0.3, -0.25) is 14.7 Å². The summed E-state index contributed by atoms with van der Waals surface area (Å²) < 4.78 is 0. The number of hydrogen-bond donors (Lipinski definition) is 1. The molecule has 2 atom stereocenters. The fraction of sp³-hybridized carbons (Fsp3) is 0.538. The van der Waals surface area contributed by atoms with Crippen molar-refractivity contribution in [1.82, 2.24) is 20.1 Å². The van der Waals surface area contributed by atoms with Gasteiger partial charge in [0.15, 0.2) is 0 Å². The molecular formula is C26H36N4O. The highest BCUT2D eigenvalue weighted by Crippen LogP contribution is 2.26. The topological polar surface area (TPSA) is 48.5 Å². The Bertz CT molecular complexity index is 843. The summed E-state index contributed by atoms with van der Waals surface area (Å²) in [6.45, 7) is 11.2. The Morgan fingerprint density at radius 1 is 1.00 bits per heavy atom. The van der Waals surface area contributed by atoms with Crippen LogP contribution in [-0.2, 0) is 17.9 Å². The number of nitrogens with one attached hydrogen (secondary N) is 1. The molecular weight excluding hydrogens is 384 g/mol. The van der Waals surface area contributed by atoms with E-state index in [1.54, 1.807) is 0 Å². The number of aromatic nitrogens is 1. The lowest BCUT2D eigenvalue weighted by Crippen LogP contribution is -2.48. The number of likely N-dealkylation sites (tertiary alicyclic amines) is 2. The van der Waals surface area contributed by atoms with Crippen molar-refractivity contribution in [3.8, 4) is 0 Å². The van der Waals surface area contributed by atoms with Crippen molar-refractivity contribution in [2.45, 2.75) is 46.2 Å². The first-order valence-electron chi connectivity index (χ1n) is 11.7. The lowest BCUT2D eigenvalue weighted by molar-refractivity contribution is -0.127. The number of pyridine rings is 1. The maximum Gasteiger partial charge on any atom is 0.224 e. The molecule has 5 heteroatoms. The summed E-state index contributed by atoms with van der Waals surface area (Å²) in [6, 6.07) is 10.7. The Labute approximate surface area is 186 Å². The zero-order valence-corrected chi connectivity index (χ0v) is 19.0. The highest BCUT2D eigenvalue weighted by molar-refractivity contribution is 5.79. The van der Waals surface area contributed by atoms with Crippen LogP contribution in [0.15, 0.2) is 42.7 Å². The van der Waals surface area contributed by atoms with E-state index in [9.17, 15) is 4.79 Å². The Balaban J connectivity index is 1.40. The van der Waals surface area contributed by atoms with E-state index in [1.807, 2.05) is 12.4 Å². The predicted molar refractivity (Wildman–Crippen MR) is 125 cm³/mol. The molecule has 1 aromatic carbocycles. The first-order chi connectivity index (χ1) is 15.0. The molecule has 31 heavy (non-hydrogen) atoms. The van der Waals surface area contributed by atoms with Gasteiger partial charge in [0.05, 0.1) is 5.92 Å². The van der Waals surface area contributed by atoms with E-state index in [2.05, 4.69) is 64.3 Å². The molecule has 1 amide bonds. The quantitative estimate of drug-likeness (QED) is 0.744. The van der Waals surface area contributed by atoms with E-state index in [0.717, 1.165) is 32.6 Å². The van der Waals surface area contributed by atoms with Crippen molar-refractivity contribution in [1.29, 1.82) is 0 Å². The van der Waals surface area contributed by atoms with Crippen LogP contribution in [0.5, 0.6) is 0 Å². The van der Waals surface area contributed by atoms with Crippen molar-refractivity contribution in [2.75, 3.05) is 32.7 Å². The number of rotatable bonds is 7. The molecule has 1 N–H and O–H groups in total. The molecule has 1 aromatic heterocycles. The third-order valence-electron chi connectivity index (χ3n) is 6.60. The normalized spacial score (nSPS) is 22.5. The van der Waals surface area contributed by atoms with Crippen LogP contribution in [-0.4, -0.2) is 53.4 Å². The molecule has 2 aliphatic heterocycles. The number of benzene rings is 1. The number of carbonyl (C=O) groups is 1. The minimum absolute atomic E-state index is 0.0501. The Hall–Kier alpha value is -2.24. The van der Waals surface area contributed by atoms with E-state index in [4.69, 9.17) is 0 Å². The molecule has 2 aliphatic rings. The van der Waals surface area contributed by atoms with Crippen LogP contribution in [0.3, 0.4) is 0 Å². The summed E-state index contributed by atoms with van der Waals surface area (Å²) in [5.41, 5.74) is 4.95. The van der Waals surface area contributed by atoms with Crippen molar-refractivity contribution in [3.63, 3.8) is 0 Å². The van der Waals surface area contributed by atoms with Crippen molar-refractivity contribution in [2.24, 2.45) is 11.8 Å². The Morgan fingerprint density at radius 2 is 1.71 bits per heavy atom. The number of aryl methyl sites for hydroxylation is 2. The zero-order chi connectivity index (χ0) is 21.6. The summed E-state index contributed by atoms with van der Waals surface area (Å²) in [7, 11) is 0. The van der Waals surface area contributed by atoms with Gasteiger partial charge in [-0.15, -0.1) is 0 Å². The first-order valence-corrected chi connectivity index (χ1v) is 11.7. The molecule has 2 aromatic rings. The van der Waals surface area contributed by atoms with Crippen LogP contribution >= 0.6 is 0 Å². The van der Waals surface area contributed by atoms with Crippen LogP contribution in [0.25, 0.3) is 0 Å². The average Bonchev–Trinajstić information content (AvgIpc) is 3.25. The monoisotopic (exact) mass is 420 g/mol. The highest BCUT2D eigenvalue weighted by atomic mass is 16.1. The van der Waals surface area contributed by atoms with Crippen molar-refractivity contribution >= 4 is 5.91 Å². The van der Waals surface area contributed by atoms with Gasteiger partial charge in [-0.2, -0.15) is 0 Å². The molecule has 0 spiro atoms. The Morgan fingerprint density at radius 3 is 2.42 bits per heavy atom. The maximum absolute atomic E-state index is 13.2. The molecule has 0 unspecified atom stereocenters. The number of nitrogens with zero attached hydrogens (tertiary/aromatic N) is 3. The van der Waals surface area contributed by atoms with Crippen molar-refractivity contribution in [3.05, 3.63) is 65.0 Å². The number of piperidine rings is 1. The van der Waals surface area contributed by atoms with Crippen LogP contribution in [0, 0.1) is 25.7 Å². The van der Waals surface area contributed by atoms with Gasteiger partial charge in [-0.25, -0.2) is 0 Å². The van der Waals surface area contributed by atoms with Gasteiger partial charge < -0.3 is 10.2 Å². The van der Waals surface area contributed by atoms with E-state index < -0.39 is 0 Å². The van der Waals surface area contributed by atoms with Gasteiger partial charge in [0.25, 0.3) is 0 Å². The van der Waals surface area contributed by atoms with Crippen LogP contribution < -0.4 is 5.32 Å². The third-order valence-corrected chi connectivity index (χ3v) is 6.60. The minimum Gasteiger partial charge on any atom is -0.352 e. The van der Waals surface area contributed by atoms with Gasteiger partial charge in [0.2, 0.25) is 5.91 Å². The summed E-state index contributed by atoms with van der Waals surface area (Å²) >= 11 is 0. The fourth-order valence-electron chi connectivity index (χ4n) is 5.34. The van der Waals surface area contributed by atoms with Crippen molar-refractivity contribution < 1.29 is 4.79 Å². The second-order valence-electron chi connectivity index (χ2n) is 9.57. The zero-order valence-electron chi connectivity index (χ0n) is 19.0.